The molecule has 0 aliphatic heterocycles. The van der Waals surface area contributed by atoms with Gasteiger partial charge in [-0.15, -0.1) is 11.3 Å². The molecule has 1 spiro atoms. The van der Waals surface area contributed by atoms with Crippen LogP contribution in [0.4, 0.5) is 0 Å². The minimum atomic E-state index is 0.501. The fraction of sp³-hybridized carbons (Fsp3) is 0.750. The second-order valence-electron chi connectivity index (χ2n) is 6.97. The first-order valence-electron chi connectivity index (χ1n) is 7.58. The molecule has 1 aromatic rings. The van der Waals surface area contributed by atoms with E-state index in [9.17, 15) is 0 Å². The summed E-state index contributed by atoms with van der Waals surface area (Å²) in [7, 11) is 0. The normalized spacial score (nSPS) is 28.4. The summed E-state index contributed by atoms with van der Waals surface area (Å²) in [5.74, 6) is 0. The molecule has 4 rings (SSSR count). The van der Waals surface area contributed by atoms with Crippen molar-refractivity contribution in [2.75, 3.05) is 6.54 Å². The summed E-state index contributed by atoms with van der Waals surface area (Å²) in [5.41, 5.74) is 1.25. The average Bonchev–Trinajstić information content (AvgIpc) is 2.82. The lowest BCUT2D eigenvalue weighted by Gasteiger charge is -2.55. The summed E-state index contributed by atoms with van der Waals surface area (Å²) in [6.07, 6.45) is 11.7. The van der Waals surface area contributed by atoms with Crippen molar-refractivity contribution >= 4 is 11.3 Å². The van der Waals surface area contributed by atoms with E-state index in [-0.39, 0.29) is 0 Å². The maximum Gasteiger partial charge on any atom is 0.0182 e. The highest BCUT2D eigenvalue weighted by Crippen LogP contribution is 2.63. The molecule has 0 saturated heterocycles. The quantitative estimate of drug-likeness (QED) is 0.860. The minimum absolute atomic E-state index is 0.501. The van der Waals surface area contributed by atoms with Crippen molar-refractivity contribution in [1.82, 2.24) is 5.32 Å². The first-order valence-corrected chi connectivity index (χ1v) is 8.46. The van der Waals surface area contributed by atoms with Gasteiger partial charge in [0.1, 0.15) is 0 Å². The van der Waals surface area contributed by atoms with Gasteiger partial charge in [-0.2, -0.15) is 0 Å². The van der Waals surface area contributed by atoms with Crippen LogP contribution < -0.4 is 5.32 Å². The van der Waals surface area contributed by atoms with Gasteiger partial charge in [0.15, 0.2) is 0 Å². The maximum absolute atomic E-state index is 3.80. The Morgan fingerprint density at radius 2 is 2.00 bits per heavy atom. The van der Waals surface area contributed by atoms with Crippen LogP contribution in [-0.2, 0) is 5.41 Å². The van der Waals surface area contributed by atoms with Gasteiger partial charge < -0.3 is 5.32 Å². The van der Waals surface area contributed by atoms with E-state index in [2.05, 4.69) is 22.8 Å². The van der Waals surface area contributed by atoms with Crippen LogP contribution in [0.3, 0.4) is 0 Å². The van der Waals surface area contributed by atoms with Crippen molar-refractivity contribution in [3.8, 4) is 0 Å². The molecule has 0 aromatic carbocycles. The lowest BCUT2D eigenvalue weighted by molar-refractivity contribution is 0.0291. The van der Waals surface area contributed by atoms with Gasteiger partial charge in [0, 0.05) is 22.9 Å². The molecule has 1 aromatic heterocycles. The van der Waals surface area contributed by atoms with E-state index >= 15 is 0 Å². The molecule has 0 bridgehead atoms. The van der Waals surface area contributed by atoms with Gasteiger partial charge in [0.05, 0.1) is 0 Å². The highest BCUT2D eigenvalue weighted by atomic mass is 32.1. The highest BCUT2D eigenvalue weighted by Gasteiger charge is 2.56. The zero-order valence-corrected chi connectivity index (χ0v) is 11.9. The van der Waals surface area contributed by atoms with Crippen LogP contribution in [0.2, 0.25) is 0 Å². The van der Waals surface area contributed by atoms with Crippen molar-refractivity contribution in [3.05, 3.63) is 22.4 Å². The average molecular weight is 261 g/mol. The lowest BCUT2D eigenvalue weighted by atomic mass is 9.51. The second-order valence-corrected chi connectivity index (χ2v) is 7.92. The van der Waals surface area contributed by atoms with Crippen LogP contribution in [0.15, 0.2) is 17.5 Å². The summed E-state index contributed by atoms with van der Waals surface area (Å²) in [6, 6.07) is 5.46. The van der Waals surface area contributed by atoms with Crippen LogP contribution in [-0.4, -0.2) is 12.6 Å². The molecule has 3 saturated carbocycles. The molecular formula is C16H23NS. The summed E-state index contributed by atoms with van der Waals surface area (Å²) < 4.78 is 0. The molecule has 98 valence electrons. The molecule has 0 radical (unpaired) electrons. The smallest absolute Gasteiger partial charge is 0.0182 e. The van der Waals surface area contributed by atoms with Gasteiger partial charge in [0.25, 0.3) is 0 Å². The third-order valence-corrected chi connectivity index (χ3v) is 6.56. The fourth-order valence-electron chi connectivity index (χ4n) is 4.46. The Hall–Kier alpha value is -0.340. The van der Waals surface area contributed by atoms with Crippen LogP contribution >= 0.6 is 11.3 Å². The monoisotopic (exact) mass is 261 g/mol. The zero-order chi connectivity index (χ0) is 12.1. The van der Waals surface area contributed by atoms with E-state index in [4.69, 9.17) is 0 Å². The summed E-state index contributed by atoms with van der Waals surface area (Å²) >= 11 is 1.98. The van der Waals surface area contributed by atoms with Gasteiger partial charge in [-0.25, -0.2) is 0 Å². The molecule has 1 heterocycles. The topological polar surface area (TPSA) is 12.0 Å². The molecule has 18 heavy (non-hydrogen) atoms. The van der Waals surface area contributed by atoms with Gasteiger partial charge in [0.2, 0.25) is 0 Å². The van der Waals surface area contributed by atoms with Crippen LogP contribution in [0, 0.1) is 5.41 Å². The Bertz CT molecular complexity index is 404. The third-order valence-electron chi connectivity index (χ3n) is 5.44. The molecule has 1 N–H and O–H groups in total. The minimum Gasteiger partial charge on any atom is -0.313 e. The largest absolute Gasteiger partial charge is 0.313 e. The first-order chi connectivity index (χ1) is 8.80. The van der Waals surface area contributed by atoms with Gasteiger partial charge >= 0.3 is 0 Å². The highest BCUT2D eigenvalue weighted by molar-refractivity contribution is 7.10. The van der Waals surface area contributed by atoms with Crippen LogP contribution in [0.1, 0.15) is 56.2 Å². The Morgan fingerprint density at radius 1 is 1.22 bits per heavy atom. The maximum atomic E-state index is 3.80. The van der Waals surface area contributed by atoms with Crippen molar-refractivity contribution in [2.24, 2.45) is 5.41 Å². The molecule has 3 aliphatic rings. The Morgan fingerprint density at radius 3 is 2.61 bits per heavy atom. The SMILES string of the molecule is c1csc(C2(CNC3CC3)CC3(CCCC3)C2)c1. The van der Waals surface area contributed by atoms with Gasteiger partial charge in [-0.3, -0.25) is 0 Å². The summed E-state index contributed by atoms with van der Waals surface area (Å²) in [6.45, 7) is 1.24. The van der Waals surface area contributed by atoms with Crippen molar-refractivity contribution in [2.45, 2.75) is 62.8 Å². The van der Waals surface area contributed by atoms with Crippen LogP contribution in [0.5, 0.6) is 0 Å². The molecule has 3 aliphatic carbocycles. The molecule has 1 nitrogen and oxygen atoms in total. The molecule has 2 heteroatoms. The third kappa shape index (κ3) is 1.85. The number of rotatable bonds is 4. The van der Waals surface area contributed by atoms with E-state index in [1.165, 1.54) is 57.9 Å². The Labute approximate surface area is 114 Å². The summed E-state index contributed by atoms with van der Waals surface area (Å²) in [5, 5.41) is 6.06. The predicted molar refractivity (Wildman–Crippen MR) is 77.2 cm³/mol. The standard InChI is InChI=1S/C16H23NS/c1-2-8-15(7-1)10-16(11-15,12-17-13-5-6-13)14-4-3-9-18-14/h3-4,9,13,17H,1-2,5-8,10-12H2. The number of thiophene rings is 1. The summed E-state index contributed by atoms with van der Waals surface area (Å²) in [4.78, 5) is 1.65. The van der Waals surface area contributed by atoms with E-state index in [1.54, 1.807) is 4.88 Å². The van der Waals surface area contributed by atoms with E-state index in [0.29, 0.717) is 5.41 Å². The van der Waals surface area contributed by atoms with E-state index in [0.717, 1.165) is 11.5 Å². The second kappa shape index (κ2) is 4.08. The number of nitrogens with one attached hydrogen (secondary N) is 1. The van der Waals surface area contributed by atoms with Crippen molar-refractivity contribution < 1.29 is 0 Å². The Kier molecular flexibility index (Phi) is 2.60. The van der Waals surface area contributed by atoms with Gasteiger partial charge in [-0.05, 0) is 55.4 Å². The van der Waals surface area contributed by atoms with Crippen molar-refractivity contribution in [3.63, 3.8) is 0 Å². The number of hydrogen-bond donors (Lipinski definition) is 1. The molecular weight excluding hydrogens is 238 g/mol. The zero-order valence-electron chi connectivity index (χ0n) is 11.1. The van der Waals surface area contributed by atoms with Crippen LogP contribution in [0.25, 0.3) is 0 Å². The van der Waals surface area contributed by atoms with E-state index in [1.807, 2.05) is 11.3 Å². The molecule has 3 fully saturated rings. The Balaban J connectivity index is 1.52. The number of hydrogen-bond acceptors (Lipinski definition) is 2. The molecule has 0 unspecified atom stereocenters. The van der Waals surface area contributed by atoms with Gasteiger partial charge in [-0.1, -0.05) is 18.9 Å². The predicted octanol–water partition coefficient (Wildman–Crippen LogP) is 4.09. The molecule has 0 atom stereocenters. The lowest BCUT2D eigenvalue weighted by Crippen LogP contribution is -2.53. The first kappa shape index (κ1) is 11.5. The van der Waals surface area contributed by atoms with E-state index < -0.39 is 0 Å². The fourth-order valence-corrected chi connectivity index (χ4v) is 5.38. The molecule has 0 amide bonds. The van der Waals surface area contributed by atoms with Crippen molar-refractivity contribution in [1.29, 1.82) is 0 Å².